The maximum atomic E-state index is 13.0. The second kappa shape index (κ2) is 8.52. The molecule has 1 amide bonds. The van der Waals surface area contributed by atoms with E-state index in [9.17, 15) is 9.18 Å². The average molecular weight is 398 g/mol. The van der Waals surface area contributed by atoms with Crippen molar-refractivity contribution in [1.82, 2.24) is 30.4 Å². The minimum Gasteiger partial charge on any atom is -0.481 e. The number of rotatable bonds is 7. The molecule has 3 aromatic rings. The van der Waals surface area contributed by atoms with Gasteiger partial charge in [0.05, 0.1) is 12.2 Å². The molecule has 0 unspecified atom stereocenters. The molecule has 1 aromatic carbocycles. The van der Waals surface area contributed by atoms with Crippen LogP contribution in [0.4, 0.5) is 4.39 Å². The van der Waals surface area contributed by atoms with Gasteiger partial charge in [-0.15, -0.1) is 0 Å². The van der Waals surface area contributed by atoms with E-state index in [4.69, 9.17) is 9.84 Å². The fraction of sp³-hybridized carbons (Fsp3) is 0.400. The first-order valence-corrected chi connectivity index (χ1v) is 9.70. The lowest BCUT2D eigenvalue weighted by Gasteiger charge is -2.14. The minimum atomic E-state index is -0.699. The van der Waals surface area contributed by atoms with E-state index in [0.29, 0.717) is 24.8 Å². The Kier molecular flexibility index (Phi) is 5.66. The van der Waals surface area contributed by atoms with Crippen LogP contribution < -0.4 is 15.4 Å². The van der Waals surface area contributed by atoms with Crippen molar-refractivity contribution < 1.29 is 13.9 Å². The van der Waals surface area contributed by atoms with Gasteiger partial charge < -0.3 is 15.4 Å². The molecule has 4 rings (SSSR count). The van der Waals surface area contributed by atoms with Gasteiger partial charge in [-0.1, -0.05) is 0 Å². The van der Waals surface area contributed by atoms with Crippen LogP contribution in [-0.2, 0) is 11.3 Å². The highest BCUT2D eigenvalue weighted by atomic mass is 19.1. The Labute approximate surface area is 167 Å². The van der Waals surface area contributed by atoms with Crippen LogP contribution in [0.3, 0.4) is 0 Å². The lowest BCUT2D eigenvalue weighted by atomic mass is 10.0. The van der Waals surface area contributed by atoms with Crippen molar-refractivity contribution >= 4 is 17.1 Å². The number of fused-ring (bicyclic) bond motifs is 1. The topological polar surface area (TPSA) is 94.0 Å². The maximum absolute atomic E-state index is 13.0. The second-order valence-electron chi connectivity index (χ2n) is 7.03. The summed E-state index contributed by atoms with van der Waals surface area (Å²) < 4.78 is 20.3. The first-order valence-electron chi connectivity index (χ1n) is 9.70. The van der Waals surface area contributed by atoms with Crippen LogP contribution in [0.15, 0.2) is 36.7 Å². The van der Waals surface area contributed by atoms with Crippen LogP contribution in [0, 0.1) is 5.82 Å². The van der Waals surface area contributed by atoms with Crippen LogP contribution >= 0.6 is 0 Å². The molecule has 0 radical (unpaired) electrons. The number of amides is 1. The summed E-state index contributed by atoms with van der Waals surface area (Å²) in [5, 5.41) is 10.9. The van der Waals surface area contributed by atoms with Crippen molar-refractivity contribution in [2.45, 2.75) is 31.9 Å². The maximum Gasteiger partial charge on any atom is 0.260 e. The highest BCUT2D eigenvalue weighted by Gasteiger charge is 2.24. The normalized spacial score (nSPS) is 17.4. The number of hydrogen-bond acceptors (Lipinski definition) is 6. The summed E-state index contributed by atoms with van der Waals surface area (Å²) in [6, 6.07) is 5.57. The third kappa shape index (κ3) is 4.34. The molecule has 2 N–H and O–H groups in total. The van der Waals surface area contributed by atoms with Crippen molar-refractivity contribution in [1.29, 1.82) is 0 Å². The number of carbonyl (C=O) groups is 1. The zero-order valence-electron chi connectivity index (χ0n) is 16.1. The largest absolute Gasteiger partial charge is 0.481 e. The van der Waals surface area contributed by atoms with Crippen molar-refractivity contribution in [3.05, 3.63) is 48.2 Å². The zero-order valence-corrected chi connectivity index (χ0v) is 16.1. The molecule has 9 heteroatoms. The van der Waals surface area contributed by atoms with Crippen LogP contribution in [0.5, 0.6) is 5.75 Å². The summed E-state index contributed by atoms with van der Waals surface area (Å²) in [5.74, 6) is 0.167. The minimum absolute atomic E-state index is 0.253. The molecule has 1 saturated heterocycles. The number of hydrogen-bond donors (Lipinski definition) is 2. The van der Waals surface area contributed by atoms with Crippen molar-refractivity contribution in [3.63, 3.8) is 0 Å². The van der Waals surface area contributed by atoms with E-state index in [1.165, 1.54) is 24.3 Å². The van der Waals surface area contributed by atoms with Crippen LogP contribution in [0.25, 0.3) is 11.2 Å². The molecule has 0 aliphatic carbocycles. The fourth-order valence-electron chi connectivity index (χ4n) is 3.44. The van der Waals surface area contributed by atoms with E-state index >= 15 is 0 Å². The molecule has 1 fully saturated rings. The van der Waals surface area contributed by atoms with Gasteiger partial charge in [-0.25, -0.2) is 19.0 Å². The van der Waals surface area contributed by atoms with Gasteiger partial charge in [-0.3, -0.25) is 4.79 Å². The summed E-state index contributed by atoms with van der Waals surface area (Å²) in [4.78, 5) is 21.2. The summed E-state index contributed by atoms with van der Waals surface area (Å²) in [6.45, 7) is 4.37. The lowest BCUT2D eigenvalue weighted by Crippen LogP contribution is -2.38. The third-order valence-electron chi connectivity index (χ3n) is 4.96. The Bertz CT molecular complexity index is 984. The highest BCUT2D eigenvalue weighted by Crippen LogP contribution is 2.26. The molecule has 0 bridgehead atoms. The molecule has 29 heavy (non-hydrogen) atoms. The lowest BCUT2D eigenvalue weighted by molar-refractivity contribution is -0.127. The van der Waals surface area contributed by atoms with E-state index in [2.05, 4.69) is 20.6 Å². The average Bonchev–Trinajstić information content (AvgIpc) is 3.38. The summed E-state index contributed by atoms with van der Waals surface area (Å²) >= 11 is 0. The number of benzene rings is 1. The van der Waals surface area contributed by atoms with E-state index in [0.717, 1.165) is 36.4 Å². The molecule has 152 valence electrons. The van der Waals surface area contributed by atoms with Crippen molar-refractivity contribution in [2.75, 3.05) is 19.6 Å². The molecule has 2 atom stereocenters. The van der Waals surface area contributed by atoms with Gasteiger partial charge in [0, 0.05) is 31.4 Å². The van der Waals surface area contributed by atoms with Gasteiger partial charge in [0.2, 0.25) is 0 Å². The van der Waals surface area contributed by atoms with Crippen LogP contribution in [0.1, 0.15) is 25.0 Å². The number of nitrogens with zero attached hydrogens (tertiary/aromatic N) is 4. The Morgan fingerprint density at radius 1 is 1.34 bits per heavy atom. The predicted octanol–water partition coefficient (Wildman–Crippen LogP) is 1.63. The van der Waals surface area contributed by atoms with Gasteiger partial charge >= 0.3 is 0 Å². The molecule has 2 aromatic heterocycles. The van der Waals surface area contributed by atoms with Gasteiger partial charge in [0.15, 0.2) is 11.8 Å². The van der Waals surface area contributed by atoms with Gasteiger partial charge in [0.25, 0.3) is 5.91 Å². The quantitative estimate of drug-likeness (QED) is 0.628. The first-order chi connectivity index (χ1) is 14.1. The van der Waals surface area contributed by atoms with Crippen LogP contribution in [0.2, 0.25) is 0 Å². The monoisotopic (exact) mass is 398 g/mol. The van der Waals surface area contributed by atoms with Gasteiger partial charge in [-0.05, 0) is 44.2 Å². The summed E-state index contributed by atoms with van der Waals surface area (Å²) in [6.07, 6.45) is 3.65. The fourth-order valence-corrected chi connectivity index (χ4v) is 3.44. The first kappa shape index (κ1) is 19.3. The molecule has 8 nitrogen and oxygen atoms in total. The van der Waals surface area contributed by atoms with Crippen molar-refractivity contribution in [2.24, 2.45) is 0 Å². The number of carbonyl (C=O) groups excluding carboxylic acids is 1. The molecule has 1 aliphatic rings. The Morgan fingerprint density at radius 3 is 2.90 bits per heavy atom. The molecular formula is C20H23FN6O2. The highest BCUT2D eigenvalue weighted by molar-refractivity contribution is 5.80. The Morgan fingerprint density at radius 2 is 2.14 bits per heavy atom. The summed E-state index contributed by atoms with van der Waals surface area (Å²) in [5.41, 5.74) is 2.50. The van der Waals surface area contributed by atoms with E-state index in [1.807, 2.05) is 0 Å². The molecule has 1 aliphatic heterocycles. The number of aromatic nitrogens is 4. The SMILES string of the molecule is C[C@H](Oc1ccc(F)cc1)C(=O)NCCn1nc([C@@H]2CCNC2)c2nccnc21. The van der Waals surface area contributed by atoms with E-state index in [-0.39, 0.29) is 11.7 Å². The number of ether oxygens (including phenoxy) is 1. The number of nitrogens with one attached hydrogen (secondary N) is 2. The van der Waals surface area contributed by atoms with Gasteiger partial charge in [0.1, 0.15) is 17.1 Å². The molecular weight excluding hydrogens is 375 g/mol. The van der Waals surface area contributed by atoms with Gasteiger partial charge in [-0.2, -0.15) is 5.10 Å². The Hall–Kier alpha value is -3.07. The van der Waals surface area contributed by atoms with E-state index in [1.54, 1.807) is 24.0 Å². The van der Waals surface area contributed by atoms with Crippen LogP contribution in [-0.4, -0.2) is 51.4 Å². The second-order valence-corrected chi connectivity index (χ2v) is 7.03. The Balaban J connectivity index is 1.37. The third-order valence-corrected chi connectivity index (χ3v) is 4.96. The van der Waals surface area contributed by atoms with E-state index < -0.39 is 6.10 Å². The predicted molar refractivity (Wildman–Crippen MR) is 105 cm³/mol. The zero-order chi connectivity index (χ0) is 20.2. The molecule has 0 spiro atoms. The standard InChI is InChI=1S/C20H23FN6O2/c1-13(29-16-4-2-15(21)3-5-16)20(28)25-10-11-27-19-18(23-8-9-24-19)17(26-27)14-6-7-22-12-14/h2-5,8-9,13-14,22H,6-7,10-12H2,1H3,(H,25,28)/t13-,14+/m0/s1. The smallest absolute Gasteiger partial charge is 0.260 e. The van der Waals surface area contributed by atoms with Crippen molar-refractivity contribution in [3.8, 4) is 5.75 Å². The molecule has 0 saturated carbocycles. The molecule has 3 heterocycles. The summed E-state index contributed by atoms with van der Waals surface area (Å²) in [7, 11) is 0. The number of halogens is 1.